The summed E-state index contributed by atoms with van der Waals surface area (Å²) in [4.78, 5) is 2.68. The van der Waals surface area contributed by atoms with Crippen LogP contribution in [0.2, 0.25) is 0 Å². The molecule has 1 rings (SSSR count). The molecule has 84 valence electrons. The Morgan fingerprint density at radius 2 is 2.00 bits per heavy atom. The second-order valence-corrected chi connectivity index (χ2v) is 5.23. The van der Waals surface area contributed by atoms with Crippen LogP contribution in [0.4, 0.5) is 0 Å². The van der Waals surface area contributed by atoms with Crippen molar-refractivity contribution in [2.75, 3.05) is 20.1 Å². The largest absolute Gasteiger partial charge is 0.318 e. The van der Waals surface area contributed by atoms with Gasteiger partial charge in [0.15, 0.2) is 0 Å². The van der Waals surface area contributed by atoms with Crippen LogP contribution in [0.3, 0.4) is 0 Å². The van der Waals surface area contributed by atoms with Gasteiger partial charge in [-0.3, -0.25) is 4.90 Å². The van der Waals surface area contributed by atoms with Crippen LogP contribution >= 0.6 is 0 Å². The Labute approximate surface area is 89.1 Å². The number of rotatable bonds is 3. The van der Waals surface area contributed by atoms with Crippen molar-refractivity contribution >= 4 is 0 Å². The van der Waals surface area contributed by atoms with Crippen LogP contribution in [0.1, 0.15) is 46.5 Å². The Morgan fingerprint density at radius 1 is 1.29 bits per heavy atom. The van der Waals surface area contributed by atoms with Crippen LogP contribution < -0.4 is 5.32 Å². The molecule has 0 bridgehead atoms. The summed E-state index contributed by atoms with van der Waals surface area (Å²) in [6.07, 6.45) is 5.56. The molecule has 0 spiro atoms. The van der Waals surface area contributed by atoms with Crippen molar-refractivity contribution in [3.63, 3.8) is 0 Å². The standard InChI is InChI=1S/C12H26N2/c1-11-8-6-5-7-9-14(11)12(2,3)10-13-4/h11,13H,5-10H2,1-4H3. The summed E-state index contributed by atoms with van der Waals surface area (Å²) in [5.41, 5.74) is 0.304. The Hall–Kier alpha value is -0.0800. The zero-order valence-corrected chi connectivity index (χ0v) is 10.3. The van der Waals surface area contributed by atoms with E-state index in [-0.39, 0.29) is 0 Å². The molecule has 0 amide bonds. The first-order chi connectivity index (χ1) is 6.58. The minimum atomic E-state index is 0.304. The minimum Gasteiger partial charge on any atom is -0.318 e. The fourth-order valence-electron chi connectivity index (χ4n) is 2.71. The van der Waals surface area contributed by atoms with Gasteiger partial charge < -0.3 is 5.32 Å². The van der Waals surface area contributed by atoms with E-state index in [0.29, 0.717) is 5.54 Å². The maximum Gasteiger partial charge on any atom is 0.0280 e. The van der Waals surface area contributed by atoms with Crippen LogP contribution in [0.15, 0.2) is 0 Å². The number of nitrogens with zero attached hydrogens (tertiary/aromatic N) is 1. The van der Waals surface area contributed by atoms with Crippen molar-refractivity contribution < 1.29 is 0 Å². The Morgan fingerprint density at radius 3 is 2.64 bits per heavy atom. The molecule has 1 unspecified atom stereocenters. The van der Waals surface area contributed by atoms with Crippen LogP contribution in [0.25, 0.3) is 0 Å². The van der Waals surface area contributed by atoms with E-state index in [1.807, 2.05) is 7.05 Å². The summed E-state index contributed by atoms with van der Waals surface area (Å²) < 4.78 is 0. The van der Waals surface area contributed by atoms with E-state index in [4.69, 9.17) is 0 Å². The van der Waals surface area contributed by atoms with E-state index in [1.165, 1.54) is 32.2 Å². The Balaban J connectivity index is 2.61. The summed E-state index contributed by atoms with van der Waals surface area (Å²) in [7, 11) is 2.05. The first kappa shape index (κ1) is 12.0. The lowest BCUT2D eigenvalue weighted by Gasteiger charge is -2.42. The highest BCUT2D eigenvalue weighted by atomic mass is 15.2. The molecule has 1 aliphatic heterocycles. The number of hydrogen-bond acceptors (Lipinski definition) is 2. The summed E-state index contributed by atoms with van der Waals surface area (Å²) in [5.74, 6) is 0. The summed E-state index contributed by atoms with van der Waals surface area (Å²) in [5, 5.41) is 3.30. The second kappa shape index (κ2) is 5.13. The molecule has 0 aromatic rings. The van der Waals surface area contributed by atoms with Crippen molar-refractivity contribution in [2.24, 2.45) is 0 Å². The van der Waals surface area contributed by atoms with E-state index in [2.05, 4.69) is 31.0 Å². The molecule has 2 nitrogen and oxygen atoms in total. The summed E-state index contributed by atoms with van der Waals surface area (Å²) in [6.45, 7) is 9.44. The lowest BCUT2D eigenvalue weighted by atomic mass is 9.99. The zero-order chi connectivity index (χ0) is 10.6. The molecular weight excluding hydrogens is 172 g/mol. The third-order valence-corrected chi connectivity index (χ3v) is 3.44. The van der Waals surface area contributed by atoms with Crippen LogP contribution in [-0.2, 0) is 0 Å². The fourth-order valence-corrected chi connectivity index (χ4v) is 2.71. The van der Waals surface area contributed by atoms with E-state index in [0.717, 1.165) is 12.6 Å². The van der Waals surface area contributed by atoms with Gasteiger partial charge in [-0.15, -0.1) is 0 Å². The minimum absolute atomic E-state index is 0.304. The van der Waals surface area contributed by atoms with Gasteiger partial charge in [-0.25, -0.2) is 0 Å². The van der Waals surface area contributed by atoms with Gasteiger partial charge in [-0.2, -0.15) is 0 Å². The topological polar surface area (TPSA) is 15.3 Å². The molecule has 0 aromatic heterocycles. The zero-order valence-electron chi connectivity index (χ0n) is 10.3. The van der Waals surface area contributed by atoms with E-state index >= 15 is 0 Å². The molecule has 1 aliphatic rings. The predicted molar refractivity (Wildman–Crippen MR) is 62.6 cm³/mol. The average molecular weight is 198 g/mol. The van der Waals surface area contributed by atoms with Crippen molar-refractivity contribution in [2.45, 2.75) is 58.0 Å². The van der Waals surface area contributed by atoms with Crippen molar-refractivity contribution in [1.29, 1.82) is 0 Å². The van der Waals surface area contributed by atoms with Crippen molar-refractivity contribution in [3.05, 3.63) is 0 Å². The number of likely N-dealkylation sites (tertiary alicyclic amines) is 1. The smallest absolute Gasteiger partial charge is 0.0280 e. The highest BCUT2D eigenvalue weighted by molar-refractivity contribution is 4.87. The highest BCUT2D eigenvalue weighted by Crippen LogP contribution is 2.24. The molecular formula is C12H26N2. The molecule has 0 aromatic carbocycles. The Kier molecular flexibility index (Phi) is 4.39. The molecule has 1 N–H and O–H groups in total. The summed E-state index contributed by atoms with van der Waals surface area (Å²) >= 11 is 0. The molecule has 2 heteroatoms. The van der Waals surface area contributed by atoms with Gasteiger partial charge in [0.25, 0.3) is 0 Å². The number of likely N-dealkylation sites (N-methyl/N-ethyl adjacent to an activating group) is 1. The molecule has 1 fully saturated rings. The van der Waals surface area contributed by atoms with Gasteiger partial charge in [0.1, 0.15) is 0 Å². The van der Waals surface area contributed by atoms with Crippen LogP contribution in [-0.4, -0.2) is 36.6 Å². The van der Waals surface area contributed by atoms with Crippen LogP contribution in [0, 0.1) is 0 Å². The lowest BCUT2D eigenvalue weighted by molar-refractivity contribution is 0.0803. The normalized spacial score (nSPS) is 26.1. The summed E-state index contributed by atoms with van der Waals surface area (Å²) in [6, 6.07) is 0.751. The number of nitrogens with one attached hydrogen (secondary N) is 1. The van der Waals surface area contributed by atoms with E-state index < -0.39 is 0 Å². The van der Waals surface area contributed by atoms with Gasteiger partial charge in [0.2, 0.25) is 0 Å². The molecule has 0 radical (unpaired) electrons. The highest BCUT2D eigenvalue weighted by Gasteiger charge is 2.30. The molecule has 1 heterocycles. The number of hydrogen-bond donors (Lipinski definition) is 1. The fraction of sp³-hybridized carbons (Fsp3) is 1.00. The first-order valence-electron chi connectivity index (χ1n) is 5.99. The average Bonchev–Trinajstić information content (AvgIpc) is 2.29. The SMILES string of the molecule is CNCC(C)(C)N1CCCCCC1C. The third-order valence-electron chi connectivity index (χ3n) is 3.44. The van der Waals surface area contributed by atoms with E-state index in [9.17, 15) is 0 Å². The van der Waals surface area contributed by atoms with Crippen LogP contribution in [0.5, 0.6) is 0 Å². The maximum absolute atomic E-state index is 3.30. The Bertz CT molecular complexity index is 166. The van der Waals surface area contributed by atoms with E-state index in [1.54, 1.807) is 0 Å². The van der Waals surface area contributed by atoms with Gasteiger partial charge in [0, 0.05) is 18.1 Å². The lowest BCUT2D eigenvalue weighted by Crippen LogP contribution is -2.53. The predicted octanol–water partition coefficient (Wildman–Crippen LogP) is 2.25. The van der Waals surface area contributed by atoms with Crippen molar-refractivity contribution in [1.82, 2.24) is 10.2 Å². The quantitative estimate of drug-likeness (QED) is 0.748. The van der Waals surface area contributed by atoms with Gasteiger partial charge in [-0.05, 0) is 47.2 Å². The molecule has 1 saturated heterocycles. The first-order valence-corrected chi connectivity index (χ1v) is 5.99. The molecule has 0 aliphatic carbocycles. The van der Waals surface area contributed by atoms with Gasteiger partial charge in [0.05, 0.1) is 0 Å². The van der Waals surface area contributed by atoms with Crippen molar-refractivity contribution in [3.8, 4) is 0 Å². The maximum atomic E-state index is 3.30. The third kappa shape index (κ3) is 2.96. The molecule has 0 saturated carbocycles. The molecule has 1 atom stereocenters. The van der Waals surface area contributed by atoms with Gasteiger partial charge >= 0.3 is 0 Å². The second-order valence-electron chi connectivity index (χ2n) is 5.23. The monoisotopic (exact) mass is 198 g/mol. The van der Waals surface area contributed by atoms with Gasteiger partial charge in [-0.1, -0.05) is 12.8 Å². The molecule has 14 heavy (non-hydrogen) atoms.